The van der Waals surface area contributed by atoms with Crippen LogP contribution in [0.5, 0.6) is 5.88 Å². The van der Waals surface area contributed by atoms with Gasteiger partial charge in [-0.25, -0.2) is 9.37 Å². The standard InChI is InChI=1S/C18H18FN3O/c1-12-7-13-8-14(19)3-5-17(13)22(12)16-10-21(11-16)15-4-6-18(23-2)20-9-15/h3-9,16H,10-11H2,1-2H3. The lowest BCUT2D eigenvalue weighted by atomic mass is 10.1. The van der Waals surface area contributed by atoms with Crippen molar-refractivity contribution in [2.45, 2.75) is 13.0 Å². The summed E-state index contributed by atoms with van der Waals surface area (Å²) in [6, 6.07) is 11.4. The maximum absolute atomic E-state index is 13.4. The summed E-state index contributed by atoms with van der Waals surface area (Å²) in [6.07, 6.45) is 1.84. The van der Waals surface area contributed by atoms with Crippen molar-refractivity contribution in [3.63, 3.8) is 0 Å². The molecule has 3 aromatic rings. The molecule has 0 N–H and O–H groups in total. The van der Waals surface area contributed by atoms with Crippen LogP contribution in [0.4, 0.5) is 10.1 Å². The van der Waals surface area contributed by atoms with E-state index in [1.807, 2.05) is 24.4 Å². The molecule has 118 valence electrons. The number of pyridine rings is 1. The van der Waals surface area contributed by atoms with Crippen LogP contribution in [0.2, 0.25) is 0 Å². The molecule has 23 heavy (non-hydrogen) atoms. The van der Waals surface area contributed by atoms with Gasteiger partial charge in [-0.1, -0.05) is 0 Å². The van der Waals surface area contributed by atoms with Crippen LogP contribution < -0.4 is 9.64 Å². The van der Waals surface area contributed by atoms with Crippen LogP contribution in [0.3, 0.4) is 0 Å². The first kappa shape index (κ1) is 14.1. The molecular formula is C18H18FN3O. The molecule has 1 saturated heterocycles. The lowest BCUT2D eigenvalue weighted by Crippen LogP contribution is -2.48. The molecule has 0 unspecified atom stereocenters. The second kappa shape index (κ2) is 5.26. The van der Waals surface area contributed by atoms with Gasteiger partial charge in [0.1, 0.15) is 5.82 Å². The molecule has 0 spiro atoms. The number of ether oxygens (including phenoxy) is 1. The zero-order valence-corrected chi connectivity index (χ0v) is 13.2. The molecule has 1 aliphatic heterocycles. The van der Waals surface area contributed by atoms with E-state index in [0.29, 0.717) is 11.9 Å². The maximum atomic E-state index is 13.4. The van der Waals surface area contributed by atoms with Crippen molar-refractivity contribution in [3.05, 3.63) is 54.1 Å². The highest BCUT2D eigenvalue weighted by atomic mass is 19.1. The molecule has 2 aromatic heterocycles. The van der Waals surface area contributed by atoms with Gasteiger partial charge in [-0.3, -0.25) is 0 Å². The van der Waals surface area contributed by atoms with Gasteiger partial charge in [0.05, 0.1) is 25.0 Å². The number of aryl methyl sites for hydroxylation is 1. The number of aromatic nitrogens is 2. The number of hydrogen-bond donors (Lipinski definition) is 0. The average Bonchev–Trinajstić information content (AvgIpc) is 2.82. The summed E-state index contributed by atoms with van der Waals surface area (Å²) in [5.41, 5.74) is 3.37. The summed E-state index contributed by atoms with van der Waals surface area (Å²) >= 11 is 0. The third-order valence-corrected chi connectivity index (χ3v) is 4.52. The lowest BCUT2D eigenvalue weighted by Gasteiger charge is -2.42. The zero-order chi connectivity index (χ0) is 16.0. The number of nitrogens with zero attached hydrogens (tertiary/aromatic N) is 3. The topological polar surface area (TPSA) is 30.3 Å². The van der Waals surface area contributed by atoms with E-state index < -0.39 is 0 Å². The smallest absolute Gasteiger partial charge is 0.213 e. The van der Waals surface area contributed by atoms with E-state index in [9.17, 15) is 4.39 Å². The summed E-state index contributed by atoms with van der Waals surface area (Å²) in [5.74, 6) is 0.439. The van der Waals surface area contributed by atoms with E-state index in [1.54, 1.807) is 13.2 Å². The molecule has 1 aromatic carbocycles. The summed E-state index contributed by atoms with van der Waals surface area (Å²) in [6.45, 7) is 3.93. The maximum Gasteiger partial charge on any atom is 0.213 e. The minimum Gasteiger partial charge on any atom is -0.481 e. The van der Waals surface area contributed by atoms with E-state index in [1.165, 1.54) is 11.8 Å². The molecule has 4 nitrogen and oxygen atoms in total. The molecule has 5 heteroatoms. The quantitative estimate of drug-likeness (QED) is 0.741. The molecule has 4 rings (SSSR count). The fraction of sp³-hybridized carbons (Fsp3) is 0.278. The summed E-state index contributed by atoms with van der Waals surface area (Å²) in [7, 11) is 1.62. The monoisotopic (exact) mass is 311 g/mol. The number of hydrogen-bond acceptors (Lipinski definition) is 3. The second-order valence-corrected chi connectivity index (χ2v) is 5.98. The minimum atomic E-state index is -0.186. The van der Waals surface area contributed by atoms with Crippen LogP contribution in [0.15, 0.2) is 42.6 Å². The number of halogens is 1. The van der Waals surface area contributed by atoms with Crippen molar-refractivity contribution in [1.82, 2.24) is 9.55 Å². The summed E-state index contributed by atoms with van der Waals surface area (Å²) < 4.78 is 20.8. The lowest BCUT2D eigenvalue weighted by molar-refractivity contribution is 0.394. The molecular weight excluding hydrogens is 293 g/mol. The number of rotatable bonds is 3. The van der Waals surface area contributed by atoms with Gasteiger partial charge < -0.3 is 14.2 Å². The number of methoxy groups -OCH3 is 1. The van der Waals surface area contributed by atoms with Gasteiger partial charge >= 0.3 is 0 Å². The fourth-order valence-corrected chi connectivity index (χ4v) is 3.34. The molecule has 1 aliphatic rings. The van der Waals surface area contributed by atoms with Crippen LogP contribution in [0.25, 0.3) is 10.9 Å². The van der Waals surface area contributed by atoms with Gasteiger partial charge in [0.2, 0.25) is 5.88 Å². The Morgan fingerprint density at radius 3 is 2.70 bits per heavy atom. The molecule has 0 aliphatic carbocycles. The molecule has 0 atom stereocenters. The number of benzene rings is 1. The van der Waals surface area contributed by atoms with Crippen LogP contribution >= 0.6 is 0 Å². The summed E-state index contributed by atoms with van der Waals surface area (Å²) in [4.78, 5) is 6.54. The molecule has 0 bridgehead atoms. The zero-order valence-electron chi connectivity index (χ0n) is 13.2. The minimum absolute atomic E-state index is 0.186. The Morgan fingerprint density at radius 2 is 2.00 bits per heavy atom. The Morgan fingerprint density at radius 1 is 1.17 bits per heavy atom. The molecule has 1 fully saturated rings. The Bertz CT molecular complexity index is 851. The van der Waals surface area contributed by atoms with Crippen molar-refractivity contribution < 1.29 is 9.13 Å². The Hall–Kier alpha value is -2.56. The largest absolute Gasteiger partial charge is 0.481 e. The fourth-order valence-electron chi connectivity index (χ4n) is 3.34. The predicted molar refractivity (Wildman–Crippen MR) is 88.7 cm³/mol. The van der Waals surface area contributed by atoms with E-state index in [4.69, 9.17) is 4.74 Å². The van der Waals surface area contributed by atoms with Gasteiger partial charge in [-0.05, 0) is 37.3 Å². The molecule has 3 heterocycles. The molecule has 0 saturated carbocycles. The third-order valence-electron chi connectivity index (χ3n) is 4.52. The normalized spacial score (nSPS) is 15.0. The first-order valence-electron chi connectivity index (χ1n) is 7.68. The SMILES string of the molecule is COc1ccc(N2CC(n3c(C)cc4cc(F)ccc43)C2)cn1. The number of anilines is 1. The predicted octanol–water partition coefficient (Wildman–Crippen LogP) is 3.55. The second-order valence-electron chi connectivity index (χ2n) is 5.98. The van der Waals surface area contributed by atoms with Gasteiger partial charge in [0, 0.05) is 35.8 Å². The van der Waals surface area contributed by atoms with E-state index >= 15 is 0 Å². The van der Waals surface area contributed by atoms with Crippen LogP contribution in [0.1, 0.15) is 11.7 Å². The van der Waals surface area contributed by atoms with Crippen molar-refractivity contribution >= 4 is 16.6 Å². The van der Waals surface area contributed by atoms with E-state index in [-0.39, 0.29) is 5.82 Å². The van der Waals surface area contributed by atoms with Crippen molar-refractivity contribution in [2.24, 2.45) is 0 Å². The Balaban J connectivity index is 1.56. The highest BCUT2D eigenvalue weighted by Gasteiger charge is 2.30. The van der Waals surface area contributed by atoms with Gasteiger partial charge in [-0.15, -0.1) is 0 Å². The van der Waals surface area contributed by atoms with Crippen molar-refractivity contribution in [1.29, 1.82) is 0 Å². The van der Waals surface area contributed by atoms with Crippen LogP contribution in [0, 0.1) is 12.7 Å². The Labute approximate surface area is 134 Å². The van der Waals surface area contributed by atoms with Gasteiger partial charge in [-0.2, -0.15) is 0 Å². The third kappa shape index (κ3) is 2.32. The first-order chi connectivity index (χ1) is 11.2. The van der Waals surface area contributed by atoms with Crippen LogP contribution in [-0.2, 0) is 0 Å². The Kier molecular flexibility index (Phi) is 3.22. The number of fused-ring (bicyclic) bond motifs is 1. The highest BCUT2D eigenvalue weighted by molar-refractivity contribution is 5.81. The first-order valence-corrected chi connectivity index (χ1v) is 7.68. The summed E-state index contributed by atoms with van der Waals surface area (Å²) in [5, 5.41) is 0.965. The molecule has 0 radical (unpaired) electrons. The van der Waals surface area contributed by atoms with Crippen molar-refractivity contribution in [2.75, 3.05) is 25.1 Å². The molecule has 0 amide bonds. The highest BCUT2D eigenvalue weighted by Crippen LogP contribution is 2.33. The van der Waals surface area contributed by atoms with E-state index in [0.717, 1.165) is 29.7 Å². The van der Waals surface area contributed by atoms with Gasteiger partial charge in [0.25, 0.3) is 0 Å². The average molecular weight is 311 g/mol. The van der Waals surface area contributed by atoms with Gasteiger partial charge in [0.15, 0.2) is 0 Å². The van der Waals surface area contributed by atoms with E-state index in [2.05, 4.69) is 27.4 Å². The van der Waals surface area contributed by atoms with Crippen molar-refractivity contribution in [3.8, 4) is 5.88 Å². The van der Waals surface area contributed by atoms with Crippen LogP contribution in [-0.4, -0.2) is 29.8 Å².